The molecule has 2 atom stereocenters. The van der Waals surface area contributed by atoms with E-state index in [0.717, 1.165) is 8.20 Å². The number of thiazole rings is 1. The first-order valence-electron chi connectivity index (χ1n) is 10.6. The molecule has 1 fully saturated rings. The highest BCUT2D eigenvalue weighted by molar-refractivity contribution is 7.36. The molecule has 4 rings (SSSR count). The summed E-state index contributed by atoms with van der Waals surface area (Å²) in [5, 5.41) is 21.5. The van der Waals surface area contributed by atoms with E-state index in [1.807, 2.05) is 0 Å². The standard InChI is InChI=1S/C22H20ClN6O4PS2/c1-10(2)25-17(16-19(23)36-14(26-16)8-34-3)20(30)27-15-12-6-4-11(5-7-13-28-24-9-35-13)18(22(32)33)29(12)21(15)31/h5,7,9,12,15H,1,3-4,6,8H2,2H3,(H,27,30)(H,32,33). The number of aliphatic imine (C=N–C) groups is 1. The van der Waals surface area contributed by atoms with E-state index in [-0.39, 0.29) is 17.1 Å². The molecule has 2 aliphatic heterocycles. The maximum absolute atomic E-state index is 13.2. The van der Waals surface area contributed by atoms with Gasteiger partial charge in [0, 0.05) is 11.9 Å². The van der Waals surface area contributed by atoms with Crippen molar-refractivity contribution in [1.29, 1.82) is 0 Å². The summed E-state index contributed by atoms with van der Waals surface area (Å²) in [6.07, 6.45) is 8.55. The molecule has 0 saturated carbocycles. The minimum Gasteiger partial charge on any atom is -0.477 e. The number of carbonyl (C=O) groups excluding carboxylic acids is 2. The zero-order valence-corrected chi connectivity index (χ0v) is 22.3. The van der Waals surface area contributed by atoms with Crippen LogP contribution in [-0.4, -0.2) is 67.1 Å². The second-order valence-electron chi connectivity index (χ2n) is 7.86. The average molecular weight is 563 g/mol. The Morgan fingerprint density at radius 3 is 2.86 bits per heavy atom. The summed E-state index contributed by atoms with van der Waals surface area (Å²) in [7, 11) is 0.853. The second kappa shape index (κ2) is 10.9. The van der Waals surface area contributed by atoms with Gasteiger partial charge in [0.05, 0.1) is 6.04 Å². The predicted molar refractivity (Wildman–Crippen MR) is 142 cm³/mol. The number of hydrogen-bond donors (Lipinski definition) is 2. The van der Waals surface area contributed by atoms with Crippen LogP contribution in [0.5, 0.6) is 0 Å². The Kier molecular flexibility index (Phi) is 7.89. The van der Waals surface area contributed by atoms with Crippen LogP contribution in [0.1, 0.15) is 35.5 Å². The highest BCUT2D eigenvalue weighted by Gasteiger charge is 2.53. The Morgan fingerprint density at radius 2 is 2.22 bits per heavy atom. The third kappa shape index (κ3) is 5.22. The number of halogens is 1. The first kappa shape index (κ1) is 26.0. The second-order valence-corrected chi connectivity index (χ2v) is 11.2. The SMILES string of the molecule is C=PCc1nc(C(=NC(=C)C)C(=O)NC2C(=O)N3C(C(=O)O)=C(C=Cc4nncs4)CCC23)c(Cl)s1. The molecule has 2 aromatic rings. The van der Waals surface area contributed by atoms with E-state index in [9.17, 15) is 19.5 Å². The number of nitrogens with one attached hydrogen (secondary N) is 1. The van der Waals surface area contributed by atoms with Gasteiger partial charge in [-0.05, 0) is 31.4 Å². The van der Waals surface area contributed by atoms with Gasteiger partial charge in [-0.2, -0.15) is 0 Å². The molecule has 2 aromatic heterocycles. The Bertz CT molecular complexity index is 1350. The first-order chi connectivity index (χ1) is 17.2. The van der Waals surface area contributed by atoms with Crippen molar-refractivity contribution in [3.05, 3.63) is 55.2 Å². The van der Waals surface area contributed by atoms with Crippen LogP contribution < -0.4 is 5.32 Å². The number of allylic oxidation sites excluding steroid dienone is 3. The summed E-state index contributed by atoms with van der Waals surface area (Å²) in [4.78, 5) is 48.2. The minimum atomic E-state index is -1.22. The van der Waals surface area contributed by atoms with Gasteiger partial charge < -0.3 is 10.4 Å². The van der Waals surface area contributed by atoms with Gasteiger partial charge in [0.25, 0.3) is 11.8 Å². The van der Waals surface area contributed by atoms with E-state index in [1.54, 1.807) is 24.6 Å². The lowest BCUT2D eigenvalue weighted by atomic mass is 9.83. The minimum absolute atomic E-state index is 0.0486. The molecule has 0 spiro atoms. The molecule has 2 aliphatic rings. The van der Waals surface area contributed by atoms with E-state index in [0.29, 0.717) is 44.6 Å². The van der Waals surface area contributed by atoms with Crippen LogP contribution >= 0.6 is 42.5 Å². The zero-order valence-electron chi connectivity index (χ0n) is 19.0. The molecule has 0 aromatic carbocycles. The third-order valence-electron chi connectivity index (χ3n) is 5.39. The maximum atomic E-state index is 13.2. The zero-order chi connectivity index (χ0) is 26.0. The summed E-state index contributed by atoms with van der Waals surface area (Å²) in [6, 6.07) is -1.39. The number of fused-ring (bicyclic) bond motifs is 1. The normalized spacial score (nSPS) is 20.0. The molecular weight excluding hydrogens is 543 g/mol. The van der Waals surface area contributed by atoms with E-state index >= 15 is 0 Å². The van der Waals surface area contributed by atoms with Gasteiger partial charge in [0.1, 0.15) is 37.3 Å². The molecule has 10 nitrogen and oxygen atoms in total. The molecule has 36 heavy (non-hydrogen) atoms. The largest absolute Gasteiger partial charge is 0.477 e. The van der Waals surface area contributed by atoms with Gasteiger partial charge >= 0.3 is 5.97 Å². The Morgan fingerprint density at radius 1 is 1.44 bits per heavy atom. The lowest BCUT2D eigenvalue weighted by molar-refractivity contribution is -0.155. The van der Waals surface area contributed by atoms with Crippen molar-refractivity contribution >= 4 is 78.3 Å². The fourth-order valence-electron chi connectivity index (χ4n) is 3.94. The highest BCUT2D eigenvalue weighted by atomic mass is 35.5. The molecule has 2 amide bonds. The smallest absolute Gasteiger partial charge is 0.352 e. The number of aliphatic carboxylic acids is 1. The number of carboxylic acid groups (broad SMARTS) is 1. The van der Waals surface area contributed by atoms with Crippen LogP contribution in [0.4, 0.5) is 0 Å². The van der Waals surface area contributed by atoms with Crippen LogP contribution in [-0.2, 0) is 20.5 Å². The Labute approximate surface area is 220 Å². The molecule has 0 radical (unpaired) electrons. The van der Waals surface area contributed by atoms with Crippen LogP contribution in [0.3, 0.4) is 0 Å². The summed E-state index contributed by atoms with van der Waals surface area (Å²) in [6.45, 7) is 5.36. The number of β-lactam (4-membered cyclic amide) rings is 1. The quantitative estimate of drug-likeness (QED) is 0.271. The van der Waals surface area contributed by atoms with Crippen molar-refractivity contribution in [2.75, 3.05) is 0 Å². The molecule has 14 heteroatoms. The summed E-state index contributed by atoms with van der Waals surface area (Å²) >= 11 is 8.89. The van der Waals surface area contributed by atoms with E-state index in [2.05, 4.69) is 38.4 Å². The van der Waals surface area contributed by atoms with Crippen LogP contribution in [0, 0.1) is 0 Å². The lowest BCUT2D eigenvalue weighted by Crippen LogP contribution is -2.72. The molecule has 4 heterocycles. The summed E-state index contributed by atoms with van der Waals surface area (Å²) in [5.74, 6) is -2.36. The number of rotatable bonds is 9. The Balaban J connectivity index is 1.56. The number of aromatic nitrogens is 3. The van der Waals surface area contributed by atoms with Crippen molar-refractivity contribution in [1.82, 2.24) is 25.4 Å². The lowest BCUT2D eigenvalue weighted by Gasteiger charge is -2.50. The third-order valence-corrected chi connectivity index (χ3v) is 8.04. The van der Waals surface area contributed by atoms with Crippen LogP contribution in [0.25, 0.3) is 6.08 Å². The monoisotopic (exact) mass is 562 g/mol. The van der Waals surface area contributed by atoms with Crippen LogP contribution in [0.15, 0.2) is 40.1 Å². The highest BCUT2D eigenvalue weighted by Crippen LogP contribution is 2.37. The fraction of sp³-hybridized carbons (Fsp3) is 0.273. The predicted octanol–water partition coefficient (Wildman–Crippen LogP) is 3.39. The number of amides is 2. The topological polar surface area (TPSA) is 138 Å². The average Bonchev–Trinajstić information content (AvgIpc) is 3.48. The Hall–Kier alpha value is -3.05. The van der Waals surface area contributed by atoms with Crippen molar-refractivity contribution in [2.45, 2.75) is 38.0 Å². The molecule has 1 saturated heterocycles. The number of carbonyl (C=O) groups is 3. The van der Waals surface area contributed by atoms with Gasteiger partial charge in [-0.1, -0.05) is 30.6 Å². The van der Waals surface area contributed by atoms with Crippen molar-refractivity contribution in [3.63, 3.8) is 0 Å². The van der Waals surface area contributed by atoms with Gasteiger partial charge in [0.15, 0.2) is 5.71 Å². The van der Waals surface area contributed by atoms with Crippen molar-refractivity contribution in [2.24, 2.45) is 4.99 Å². The van der Waals surface area contributed by atoms with E-state index in [4.69, 9.17) is 11.6 Å². The molecule has 186 valence electrons. The van der Waals surface area contributed by atoms with Crippen molar-refractivity contribution < 1.29 is 19.5 Å². The molecule has 0 bridgehead atoms. The number of carboxylic acids is 1. The van der Waals surface area contributed by atoms with Crippen molar-refractivity contribution in [3.8, 4) is 0 Å². The van der Waals surface area contributed by atoms with Crippen LogP contribution in [0.2, 0.25) is 4.34 Å². The van der Waals surface area contributed by atoms with Gasteiger partial charge in [-0.15, -0.1) is 41.1 Å². The molecular formula is C22H20ClN6O4PS2. The maximum Gasteiger partial charge on any atom is 0.352 e. The van der Waals surface area contributed by atoms with E-state index < -0.39 is 29.9 Å². The fourth-order valence-corrected chi connectivity index (χ4v) is 6.16. The summed E-state index contributed by atoms with van der Waals surface area (Å²) in [5.41, 5.74) is 2.50. The van der Waals surface area contributed by atoms with Gasteiger partial charge in [-0.25, -0.2) is 14.8 Å². The molecule has 0 aliphatic carbocycles. The van der Waals surface area contributed by atoms with E-state index in [1.165, 1.54) is 27.6 Å². The van der Waals surface area contributed by atoms with Gasteiger partial charge in [0.2, 0.25) is 0 Å². The molecule has 2 N–H and O–H groups in total. The first-order valence-corrected chi connectivity index (χ1v) is 13.9. The number of nitrogens with zero attached hydrogens (tertiary/aromatic N) is 5. The number of hydrogen-bond acceptors (Lipinski definition) is 9. The molecule has 2 unspecified atom stereocenters. The van der Waals surface area contributed by atoms with Gasteiger partial charge in [-0.3, -0.25) is 14.5 Å². The summed E-state index contributed by atoms with van der Waals surface area (Å²) < 4.78 is 0.297.